The summed E-state index contributed by atoms with van der Waals surface area (Å²) in [6, 6.07) is 18.6. The van der Waals surface area contributed by atoms with Crippen LogP contribution in [0.15, 0.2) is 60.7 Å². The first-order valence-electron chi connectivity index (χ1n) is 10.7. The van der Waals surface area contributed by atoms with Gasteiger partial charge in [-0.1, -0.05) is 60.7 Å². The van der Waals surface area contributed by atoms with Crippen LogP contribution in [-0.2, 0) is 22.4 Å². The van der Waals surface area contributed by atoms with Crippen molar-refractivity contribution in [2.45, 2.75) is 50.9 Å². The molecule has 0 unspecified atom stereocenters. The van der Waals surface area contributed by atoms with Crippen molar-refractivity contribution in [3.63, 3.8) is 0 Å². The molecular weight excluding hydrogens is 424 g/mol. The quantitative estimate of drug-likeness (QED) is 0.432. The summed E-state index contributed by atoms with van der Waals surface area (Å²) in [5, 5.41) is 5.27. The van der Waals surface area contributed by atoms with E-state index in [0.717, 1.165) is 11.1 Å². The molecule has 7 nitrogen and oxygen atoms in total. The summed E-state index contributed by atoms with van der Waals surface area (Å²) in [7, 11) is -2.60. The van der Waals surface area contributed by atoms with E-state index in [4.69, 9.17) is 4.74 Å². The Kier molecular flexibility index (Phi) is 9.00. The van der Waals surface area contributed by atoms with Gasteiger partial charge < -0.3 is 25.0 Å². The van der Waals surface area contributed by atoms with Crippen molar-refractivity contribution in [2.24, 2.45) is 5.92 Å². The van der Waals surface area contributed by atoms with Gasteiger partial charge in [-0.3, -0.25) is 4.79 Å². The van der Waals surface area contributed by atoms with Crippen LogP contribution in [0.2, 0.25) is 6.04 Å². The summed E-state index contributed by atoms with van der Waals surface area (Å²) in [5.41, 5.74) is 0.0791. The van der Waals surface area contributed by atoms with Crippen LogP contribution in [-0.4, -0.2) is 48.5 Å². The van der Waals surface area contributed by atoms with Crippen molar-refractivity contribution < 1.29 is 23.9 Å². The van der Waals surface area contributed by atoms with Gasteiger partial charge in [0.1, 0.15) is 5.60 Å². The van der Waals surface area contributed by atoms with Crippen LogP contribution in [0.5, 0.6) is 0 Å². The van der Waals surface area contributed by atoms with Crippen molar-refractivity contribution in [2.75, 3.05) is 7.05 Å². The molecule has 0 bridgehead atoms. The Labute approximate surface area is 191 Å². The number of rotatable bonds is 9. The summed E-state index contributed by atoms with van der Waals surface area (Å²) in [6.07, 6.45) is -0.149. The van der Waals surface area contributed by atoms with Gasteiger partial charge in [0.15, 0.2) is 0 Å². The van der Waals surface area contributed by atoms with Gasteiger partial charge in [0.2, 0.25) is 5.91 Å². The van der Waals surface area contributed by atoms with Crippen LogP contribution in [0.3, 0.4) is 0 Å². The number of benzene rings is 2. The Morgan fingerprint density at radius 3 is 1.91 bits per heavy atom. The molecular formula is C24H34N2O5Si. The molecule has 2 aromatic carbocycles. The van der Waals surface area contributed by atoms with E-state index < -0.39 is 31.8 Å². The maximum absolute atomic E-state index is 12.6. The highest BCUT2D eigenvalue weighted by atomic mass is 28.4. The first-order chi connectivity index (χ1) is 15.0. The lowest BCUT2D eigenvalue weighted by molar-refractivity contribution is -0.124. The smallest absolute Gasteiger partial charge is 0.407 e. The lowest BCUT2D eigenvalue weighted by atomic mass is 10.0. The number of hydrogen-bond acceptors (Lipinski definition) is 5. The molecule has 0 fully saturated rings. The Morgan fingerprint density at radius 1 is 0.938 bits per heavy atom. The van der Waals surface area contributed by atoms with Gasteiger partial charge in [0, 0.05) is 19.0 Å². The molecule has 4 N–H and O–H groups in total. The fourth-order valence-corrected chi connectivity index (χ4v) is 5.75. The summed E-state index contributed by atoms with van der Waals surface area (Å²) in [4.78, 5) is 47.5. The van der Waals surface area contributed by atoms with E-state index in [2.05, 4.69) is 10.6 Å². The van der Waals surface area contributed by atoms with E-state index >= 15 is 0 Å². The van der Waals surface area contributed by atoms with Crippen molar-refractivity contribution in [1.82, 2.24) is 10.6 Å². The van der Waals surface area contributed by atoms with Crippen LogP contribution in [0.4, 0.5) is 4.79 Å². The Hall–Kier alpha value is -2.68. The van der Waals surface area contributed by atoms with E-state index in [0.29, 0.717) is 6.42 Å². The molecule has 32 heavy (non-hydrogen) atoms. The molecule has 2 rings (SSSR count). The predicted octanol–water partition coefficient (Wildman–Crippen LogP) is 2.69. The maximum atomic E-state index is 12.6. The number of carbonyl (C=O) groups is 2. The highest BCUT2D eigenvalue weighted by Gasteiger charge is 2.44. The normalized spacial score (nSPS) is 13.7. The Morgan fingerprint density at radius 2 is 1.44 bits per heavy atom. The van der Waals surface area contributed by atoms with Crippen molar-refractivity contribution in [1.29, 1.82) is 0 Å². The third kappa shape index (κ3) is 8.45. The second-order valence-electron chi connectivity index (χ2n) is 8.97. The lowest BCUT2D eigenvalue weighted by Gasteiger charge is -2.32. The number of carbonyl (C=O) groups excluding carboxylic acids is 2. The van der Waals surface area contributed by atoms with Gasteiger partial charge in [0.05, 0.1) is 5.67 Å². The van der Waals surface area contributed by atoms with Crippen LogP contribution >= 0.6 is 0 Å². The van der Waals surface area contributed by atoms with E-state index in [9.17, 15) is 19.2 Å². The first-order valence-corrected chi connectivity index (χ1v) is 12.9. The highest BCUT2D eigenvalue weighted by Crippen LogP contribution is 2.23. The summed E-state index contributed by atoms with van der Waals surface area (Å²) >= 11 is 0. The van der Waals surface area contributed by atoms with E-state index in [1.54, 1.807) is 20.8 Å². The zero-order valence-electron chi connectivity index (χ0n) is 19.2. The van der Waals surface area contributed by atoms with Gasteiger partial charge in [-0.25, -0.2) is 4.79 Å². The maximum Gasteiger partial charge on any atom is 0.407 e. The molecule has 0 spiro atoms. The van der Waals surface area contributed by atoms with E-state index in [1.165, 1.54) is 7.05 Å². The molecule has 0 aliphatic heterocycles. The topological polar surface area (TPSA) is 108 Å². The lowest BCUT2D eigenvalue weighted by Crippen LogP contribution is -2.60. The molecule has 0 aliphatic carbocycles. The van der Waals surface area contributed by atoms with Crippen molar-refractivity contribution >= 4 is 20.6 Å². The molecule has 0 aromatic heterocycles. The van der Waals surface area contributed by atoms with E-state index in [1.807, 2.05) is 60.7 Å². The molecule has 2 atom stereocenters. The van der Waals surface area contributed by atoms with E-state index in [-0.39, 0.29) is 18.4 Å². The third-order valence-electron chi connectivity index (χ3n) is 5.02. The number of amides is 2. The third-order valence-corrected chi connectivity index (χ3v) is 7.58. The monoisotopic (exact) mass is 458 g/mol. The minimum Gasteiger partial charge on any atom is -0.444 e. The van der Waals surface area contributed by atoms with Gasteiger partial charge in [0.25, 0.3) is 0 Å². The van der Waals surface area contributed by atoms with Crippen LogP contribution in [0.25, 0.3) is 0 Å². The predicted molar refractivity (Wildman–Crippen MR) is 126 cm³/mol. The average molecular weight is 459 g/mol. The zero-order chi connectivity index (χ0) is 23.8. The molecule has 8 heteroatoms. The minimum atomic E-state index is -4.12. The summed E-state index contributed by atoms with van der Waals surface area (Å²) in [5.74, 6) is -0.924. The number of hydrogen-bond donors (Lipinski definition) is 4. The van der Waals surface area contributed by atoms with Crippen molar-refractivity contribution in [3.8, 4) is 0 Å². The molecule has 174 valence electrons. The second-order valence-corrected chi connectivity index (χ2v) is 11.8. The van der Waals surface area contributed by atoms with Crippen LogP contribution < -0.4 is 10.6 Å². The fourth-order valence-electron chi connectivity index (χ4n) is 3.49. The molecule has 0 radical (unpaired) electrons. The fraction of sp³-hybridized carbons (Fsp3) is 0.417. The molecule has 2 amide bonds. The van der Waals surface area contributed by atoms with Crippen LogP contribution in [0, 0.1) is 5.92 Å². The Balaban J connectivity index is 2.26. The second kappa shape index (κ2) is 11.3. The number of nitrogens with one attached hydrogen (secondary N) is 2. The largest absolute Gasteiger partial charge is 0.444 e. The average Bonchev–Trinajstić information content (AvgIpc) is 2.72. The van der Waals surface area contributed by atoms with Gasteiger partial charge in [-0.05, 0) is 44.7 Å². The zero-order valence-corrected chi connectivity index (χ0v) is 20.2. The minimum absolute atomic E-state index is 0.130. The molecule has 0 saturated heterocycles. The summed E-state index contributed by atoms with van der Waals surface area (Å²) in [6.45, 7) is 5.22. The molecule has 2 aromatic rings. The summed E-state index contributed by atoms with van der Waals surface area (Å²) < 4.78 is 5.34. The number of alkyl carbamates (subject to hydrolysis) is 1. The molecule has 0 aliphatic rings. The van der Waals surface area contributed by atoms with Gasteiger partial charge in [-0.15, -0.1) is 0 Å². The Bertz CT molecular complexity index is 869. The van der Waals surface area contributed by atoms with Gasteiger partial charge >= 0.3 is 14.7 Å². The van der Waals surface area contributed by atoms with Crippen LogP contribution in [0.1, 0.15) is 31.9 Å². The standard InChI is InChI=1S/C24H34N2O5Si/c1-24(2,3)31-23(28)26-21(16-19-13-9-6-10-14-19)32(29,30)17-20(22(27)25-4)15-18-11-7-5-8-12-18/h5-14,20-21,29-30H,15-17H2,1-4H3,(H,25,27)(H,26,28)/t20-,21-/m1/s1. The van der Waals surface area contributed by atoms with Gasteiger partial charge in [-0.2, -0.15) is 0 Å². The first kappa shape index (κ1) is 25.6. The highest BCUT2D eigenvalue weighted by molar-refractivity contribution is 6.67. The molecule has 0 heterocycles. The SMILES string of the molecule is CNC(=O)[C@H](Cc1ccccc1)C[Si](O)(O)[C@H](Cc1ccccc1)NC(=O)OC(C)(C)C. The van der Waals surface area contributed by atoms with Crippen molar-refractivity contribution in [3.05, 3.63) is 71.8 Å². The molecule has 0 saturated carbocycles. The number of ether oxygens (including phenoxy) is 1.